The second-order valence-corrected chi connectivity index (χ2v) is 6.71. The lowest BCUT2D eigenvalue weighted by molar-refractivity contribution is -0.144. The van der Waals surface area contributed by atoms with Crippen molar-refractivity contribution in [3.63, 3.8) is 0 Å². The SMILES string of the molecule is CCCCCCCCCCCCCCOC(=O)CC(C)C. The van der Waals surface area contributed by atoms with Gasteiger partial charge in [0.1, 0.15) is 0 Å². The number of ether oxygens (including phenoxy) is 1. The molecule has 0 amide bonds. The van der Waals surface area contributed by atoms with Crippen LogP contribution in [0.1, 0.15) is 104 Å². The van der Waals surface area contributed by atoms with Crippen LogP contribution in [0, 0.1) is 5.92 Å². The van der Waals surface area contributed by atoms with E-state index in [0.29, 0.717) is 18.9 Å². The standard InChI is InChI=1S/C19H38O2/c1-4-5-6-7-8-9-10-11-12-13-14-15-16-21-19(20)17-18(2)3/h18H,4-17H2,1-3H3. The minimum Gasteiger partial charge on any atom is -0.466 e. The topological polar surface area (TPSA) is 26.3 Å². The Hall–Kier alpha value is -0.530. The number of rotatable bonds is 15. The molecule has 2 nitrogen and oxygen atoms in total. The fourth-order valence-electron chi connectivity index (χ4n) is 2.52. The molecule has 0 N–H and O–H groups in total. The van der Waals surface area contributed by atoms with Gasteiger partial charge in [-0.2, -0.15) is 0 Å². The van der Waals surface area contributed by atoms with E-state index in [1.54, 1.807) is 0 Å². The van der Waals surface area contributed by atoms with Gasteiger partial charge in [0, 0.05) is 6.42 Å². The molecule has 0 radical (unpaired) electrons. The van der Waals surface area contributed by atoms with Crippen LogP contribution in [-0.4, -0.2) is 12.6 Å². The first-order valence-electron chi connectivity index (χ1n) is 9.32. The molecule has 0 aromatic rings. The quantitative estimate of drug-likeness (QED) is 0.263. The van der Waals surface area contributed by atoms with Gasteiger partial charge in [-0.15, -0.1) is 0 Å². The maximum atomic E-state index is 11.3. The third kappa shape index (κ3) is 17.4. The normalized spacial score (nSPS) is 11.0. The van der Waals surface area contributed by atoms with Crippen LogP contribution in [0.15, 0.2) is 0 Å². The molecule has 0 heterocycles. The van der Waals surface area contributed by atoms with Gasteiger partial charge in [0.15, 0.2) is 0 Å². The third-order valence-electron chi connectivity index (χ3n) is 3.84. The fraction of sp³-hybridized carbons (Fsp3) is 0.947. The molecule has 0 bridgehead atoms. The largest absolute Gasteiger partial charge is 0.466 e. The lowest BCUT2D eigenvalue weighted by Crippen LogP contribution is -2.08. The predicted octanol–water partition coefficient (Wildman–Crippen LogP) is 6.28. The van der Waals surface area contributed by atoms with Gasteiger partial charge in [0.2, 0.25) is 0 Å². The van der Waals surface area contributed by atoms with Crippen molar-refractivity contribution in [1.82, 2.24) is 0 Å². The summed E-state index contributed by atoms with van der Waals surface area (Å²) < 4.78 is 5.21. The summed E-state index contributed by atoms with van der Waals surface area (Å²) >= 11 is 0. The zero-order chi connectivity index (χ0) is 15.8. The number of unbranched alkanes of at least 4 members (excludes halogenated alkanes) is 11. The Morgan fingerprint density at radius 2 is 1.19 bits per heavy atom. The van der Waals surface area contributed by atoms with E-state index in [-0.39, 0.29) is 5.97 Å². The van der Waals surface area contributed by atoms with Gasteiger partial charge in [0.05, 0.1) is 6.61 Å². The molecular formula is C19H38O2. The summed E-state index contributed by atoms with van der Waals surface area (Å²) in [5, 5.41) is 0. The van der Waals surface area contributed by atoms with Crippen molar-refractivity contribution < 1.29 is 9.53 Å². The predicted molar refractivity (Wildman–Crippen MR) is 91.5 cm³/mol. The monoisotopic (exact) mass is 298 g/mol. The highest BCUT2D eigenvalue weighted by atomic mass is 16.5. The average Bonchev–Trinajstić information content (AvgIpc) is 2.43. The summed E-state index contributed by atoms with van der Waals surface area (Å²) in [6.07, 6.45) is 16.6. The van der Waals surface area contributed by atoms with Gasteiger partial charge < -0.3 is 4.74 Å². The highest BCUT2D eigenvalue weighted by Gasteiger charge is 2.05. The summed E-state index contributed by atoms with van der Waals surface area (Å²) in [6.45, 7) is 6.98. The number of esters is 1. The van der Waals surface area contributed by atoms with Crippen molar-refractivity contribution in [2.24, 2.45) is 5.92 Å². The zero-order valence-corrected chi connectivity index (χ0v) is 14.8. The maximum Gasteiger partial charge on any atom is 0.306 e. The van der Waals surface area contributed by atoms with Gasteiger partial charge in [-0.1, -0.05) is 91.4 Å². The molecule has 0 saturated heterocycles. The van der Waals surface area contributed by atoms with Crippen LogP contribution in [0.5, 0.6) is 0 Å². The van der Waals surface area contributed by atoms with Crippen molar-refractivity contribution in [2.75, 3.05) is 6.61 Å². The molecular weight excluding hydrogens is 260 g/mol. The highest BCUT2D eigenvalue weighted by molar-refractivity contribution is 5.69. The first-order chi connectivity index (χ1) is 10.2. The summed E-state index contributed by atoms with van der Waals surface area (Å²) in [6, 6.07) is 0. The van der Waals surface area contributed by atoms with E-state index in [4.69, 9.17) is 4.74 Å². The Balaban J connectivity index is 3.07. The minimum absolute atomic E-state index is 0.0342. The lowest BCUT2D eigenvalue weighted by atomic mass is 10.1. The Morgan fingerprint density at radius 3 is 1.62 bits per heavy atom. The van der Waals surface area contributed by atoms with Crippen molar-refractivity contribution >= 4 is 5.97 Å². The smallest absolute Gasteiger partial charge is 0.306 e. The molecule has 21 heavy (non-hydrogen) atoms. The van der Waals surface area contributed by atoms with Crippen molar-refractivity contribution in [1.29, 1.82) is 0 Å². The van der Waals surface area contributed by atoms with Crippen LogP contribution < -0.4 is 0 Å². The summed E-state index contributed by atoms with van der Waals surface area (Å²) in [7, 11) is 0. The highest BCUT2D eigenvalue weighted by Crippen LogP contribution is 2.12. The number of hydrogen-bond acceptors (Lipinski definition) is 2. The Labute approximate surface area is 133 Å². The molecule has 0 rings (SSSR count). The van der Waals surface area contributed by atoms with E-state index < -0.39 is 0 Å². The molecule has 126 valence electrons. The van der Waals surface area contributed by atoms with E-state index in [1.165, 1.54) is 70.6 Å². The average molecular weight is 299 g/mol. The minimum atomic E-state index is -0.0342. The first kappa shape index (κ1) is 20.5. The Morgan fingerprint density at radius 1 is 0.762 bits per heavy atom. The number of carbonyl (C=O) groups is 1. The van der Waals surface area contributed by atoms with Crippen molar-refractivity contribution in [2.45, 2.75) is 104 Å². The maximum absolute atomic E-state index is 11.3. The van der Waals surface area contributed by atoms with E-state index in [0.717, 1.165) is 6.42 Å². The molecule has 0 aromatic carbocycles. The van der Waals surface area contributed by atoms with Gasteiger partial charge in [-0.25, -0.2) is 0 Å². The van der Waals surface area contributed by atoms with Crippen LogP contribution in [-0.2, 0) is 9.53 Å². The van der Waals surface area contributed by atoms with Crippen LogP contribution in [0.3, 0.4) is 0 Å². The Kier molecular flexibility index (Phi) is 15.5. The van der Waals surface area contributed by atoms with Crippen LogP contribution in [0.25, 0.3) is 0 Å². The lowest BCUT2D eigenvalue weighted by Gasteiger charge is -2.06. The summed E-state index contributed by atoms with van der Waals surface area (Å²) in [4.78, 5) is 11.3. The summed E-state index contributed by atoms with van der Waals surface area (Å²) in [5.74, 6) is 0.368. The molecule has 0 unspecified atom stereocenters. The van der Waals surface area contributed by atoms with Gasteiger partial charge >= 0.3 is 5.97 Å². The molecule has 0 aliphatic carbocycles. The van der Waals surface area contributed by atoms with Crippen molar-refractivity contribution in [3.8, 4) is 0 Å². The van der Waals surface area contributed by atoms with E-state index in [9.17, 15) is 4.79 Å². The molecule has 0 spiro atoms. The Bertz CT molecular complexity index is 224. The molecule has 0 atom stereocenters. The number of carbonyl (C=O) groups excluding carboxylic acids is 1. The zero-order valence-electron chi connectivity index (χ0n) is 14.8. The molecule has 0 saturated carbocycles. The number of hydrogen-bond donors (Lipinski definition) is 0. The van der Waals surface area contributed by atoms with Crippen LogP contribution in [0.4, 0.5) is 0 Å². The second kappa shape index (κ2) is 15.9. The molecule has 0 aromatic heterocycles. The third-order valence-corrected chi connectivity index (χ3v) is 3.84. The molecule has 2 heteroatoms. The second-order valence-electron chi connectivity index (χ2n) is 6.71. The van der Waals surface area contributed by atoms with E-state index >= 15 is 0 Å². The van der Waals surface area contributed by atoms with Crippen LogP contribution in [0.2, 0.25) is 0 Å². The van der Waals surface area contributed by atoms with E-state index in [1.807, 2.05) is 13.8 Å². The fourth-order valence-corrected chi connectivity index (χ4v) is 2.52. The molecule has 0 aliphatic rings. The van der Waals surface area contributed by atoms with Gasteiger partial charge in [-0.05, 0) is 12.3 Å². The van der Waals surface area contributed by atoms with Crippen LogP contribution >= 0.6 is 0 Å². The van der Waals surface area contributed by atoms with Gasteiger partial charge in [0.25, 0.3) is 0 Å². The molecule has 0 fully saturated rings. The first-order valence-corrected chi connectivity index (χ1v) is 9.32. The summed E-state index contributed by atoms with van der Waals surface area (Å²) in [5.41, 5.74) is 0. The van der Waals surface area contributed by atoms with Crippen molar-refractivity contribution in [3.05, 3.63) is 0 Å². The molecule has 0 aliphatic heterocycles. The van der Waals surface area contributed by atoms with Gasteiger partial charge in [-0.3, -0.25) is 4.79 Å². The van der Waals surface area contributed by atoms with E-state index in [2.05, 4.69) is 6.92 Å².